The van der Waals surface area contributed by atoms with Gasteiger partial charge in [0.05, 0.1) is 0 Å². The molecule has 0 saturated carbocycles. The number of carbonyl (C=O) groups is 1. The molecule has 0 spiro atoms. The molecule has 0 bridgehead atoms. The average molecular weight is 360 g/mol. The smallest absolute Gasteiger partial charge is 0.244 e. The van der Waals surface area contributed by atoms with Crippen LogP contribution in [0.5, 0.6) is 0 Å². The van der Waals surface area contributed by atoms with Gasteiger partial charge in [-0.15, -0.1) is 12.4 Å². The Balaban J connectivity index is 0.00000225. The second-order valence-electron chi connectivity index (χ2n) is 6.68. The number of nitrogens with two attached hydrogens (primary N) is 1. The lowest BCUT2D eigenvalue weighted by Gasteiger charge is -2.29. The summed E-state index contributed by atoms with van der Waals surface area (Å²) < 4.78 is 0. The molecule has 4 nitrogen and oxygen atoms in total. The van der Waals surface area contributed by atoms with Gasteiger partial charge in [0.1, 0.15) is 6.04 Å². The second-order valence-corrected chi connectivity index (χ2v) is 6.68. The van der Waals surface area contributed by atoms with E-state index in [1.807, 2.05) is 62.6 Å². The maximum atomic E-state index is 12.8. The Hall–Kier alpha value is -1.88. The molecule has 1 amide bonds. The second kappa shape index (κ2) is 8.48. The van der Waals surface area contributed by atoms with Crippen LogP contribution >= 0.6 is 12.4 Å². The molecule has 2 aromatic rings. The lowest BCUT2D eigenvalue weighted by molar-refractivity contribution is -0.134. The van der Waals surface area contributed by atoms with E-state index >= 15 is 0 Å². The number of carbonyl (C=O) groups excluding carboxylic acids is 1. The van der Waals surface area contributed by atoms with E-state index in [1.165, 1.54) is 5.56 Å². The van der Waals surface area contributed by atoms with E-state index in [0.29, 0.717) is 0 Å². The molecule has 0 aliphatic carbocycles. The van der Waals surface area contributed by atoms with Gasteiger partial charge in [-0.3, -0.25) is 9.69 Å². The van der Waals surface area contributed by atoms with E-state index < -0.39 is 0 Å². The predicted molar refractivity (Wildman–Crippen MR) is 104 cm³/mol. The highest BCUT2D eigenvalue weighted by Gasteiger charge is 2.38. The molecule has 1 fully saturated rings. The van der Waals surface area contributed by atoms with Crippen LogP contribution < -0.4 is 5.73 Å². The van der Waals surface area contributed by atoms with Crippen LogP contribution in [0.3, 0.4) is 0 Å². The Labute approximate surface area is 156 Å². The van der Waals surface area contributed by atoms with E-state index in [4.69, 9.17) is 5.73 Å². The molecule has 1 aliphatic heterocycles. The normalized spacial score (nSPS) is 21.4. The minimum Gasteiger partial charge on any atom is -0.347 e. The lowest BCUT2D eigenvalue weighted by atomic mass is 9.95. The van der Waals surface area contributed by atoms with Gasteiger partial charge in [-0.05, 0) is 11.1 Å². The van der Waals surface area contributed by atoms with Crippen molar-refractivity contribution in [3.05, 3.63) is 71.8 Å². The highest BCUT2D eigenvalue weighted by molar-refractivity contribution is 5.85. The van der Waals surface area contributed by atoms with Crippen LogP contribution in [0.4, 0.5) is 0 Å². The first-order valence-electron chi connectivity index (χ1n) is 8.38. The van der Waals surface area contributed by atoms with E-state index in [-0.39, 0.29) is 36.3 Å². The Morgan fingerprint density at radius 2 is 1.60 bits per heavy atom. The van der Waals surface area contributed by atoms with Crippen LogP contribution in [0, 0.1) is 0 Å². The number of likely N-dealkylation sites (N-methyl/N-ethyl adjacent to an activating group) is 1. The minimum atomic E-state index is -0.277. The van der Waals surface area contributed by atoms with Crippen molar-refractivity contribution in [1.82, 2.24) is 9.80 Å². The van der Waals surface area contributed by atoms with Crippen LogP contribution in [0.25, 0.3) is 0 Å². The SMILES string of the molecule is CN(C)C(=O)C(c1ccccc1)N1C[C@@H](N)[C@H](c2ccccc2)C1.Cl. The molecule has 1 heterocycles. The van der Waals surface area contributed by atoms with Gasteiger partial charge >= 0.3 is 0 Å². The zero-order valence-corrected chi connectivity index (χ0v) is 15.5. The maximum Gasteiger partial charge on any atom is 0.244 e. The number of likely N-dealkylation sites (tertiary alicyclic amines) is 1. The topological polar surface area (TPSA) is 49.6 Å². The third-order valence-electron chi connectivity index (χ3n) is 4.78. The number of rotatable bonds is 4. The summed E-state index contributed by atoms with van der Waals surface area (Å²) in [6, 6.07) is 20.1. The number of nitrogens with zero attached hydrogens (tertiary/aromatic N) is 2. The summed E-state index contributed by atoms with van der Waals surface area (Å²) >= 11 is 0. The number of hydrogen-bond acceptors (Lipinski definition) is 3. The standard InChI is InChI=1S/C20H25N3O.ClH/c1-22(2)20(24)19(16-11-7-4-8-12-16)23-13-17(18(21)14-23)15-9-5-3-6-10-15;/h3-12,17-19H,13-14,21H2,1-2H3;1H/t17-,18+,19?;/m0./s1. The molecule has 5 heteroatoms. The summed E-state index contributed by atoms with van der Waals surface area (Å²) in [4.78, 5) is 16.7. The van der Waals surface area contributed by atoms with E-state index in [0.717, 1.165) is 18.7 Å². The third kappa shape index (κ3) is 4.21. The summed E-state index contributed by atoms with van der Waals surface area (Å²) in [6.07, 6.45) is 0. The van der Waals surface area contributed by atoms with Crippen molar-refractivity contribution >= 4 is 18.3 Å². The quantitative estimate of drug-likeness (QED) is 0.913. The average Bonchev–Trinajstić information content (AvgIpc) is 2.98. The molecule has 1 aliphatic rings. The fourth-order valence-electron chi connectivity index (χ4n) is 3.51. The van der Waals surface area contributed by atoms with Crippen LogP contribution in [-0.2, 0) is 4.79 Å². The molecule has 1 saturated heterocycles. The number of benzene rings is 2. The number of halogens is 1. The van der Waals surface area contributed by atoms with Crippen molar-refractivity contribution in [3.63, 3.8) is 0 Å². The van der Waals surface area contributed by atoms with Gasteiger partial charge in [0.2, 0.25) is 5.91 Å². The fourth-order valence-corrected chi connectivity index (χ4v) is 3.51. The minimum absolute atomic E-state index is 0. The van der Waals surface area contributed by atoms with Gasteiger partial charge in [0, 0.05) is 39.1 Å². The summed E-state index contributed by atoms with van der Waals surface area (Å²) in [7, 11) is 3.62. The summed E-state index contributed by atoms with van der Waals surface area (Å²) in [5.41, 5.74) is 8.70. The number of amides is 1. The fraction of sp³-hybridized carbons (Fsp3) is 0.350. The van der Waals surface area contributed by atoms with E-state index in [2.05, 4.69) is 17.0 Å². The van der Waals surface area contributed by atoms with Crippen molar-refractivity contribution in [1.29, 1.82) is 0 Å². The van der Waals surface area contributed by atoms with Gasteiger partial charge in [-0.25, -0.2) is 0 Å². The Kier molecular flexibility index (Phi) is 6.59. The summed E-state index contributed by atoms with van der Waals surface area (Å²) in [5.74, 6) is 0.356. The first-order valence-corrected chi connectivity index (χ1v) is 8.38. The maximum absolute atomic E-state index is 12.8. The zero-order chi connectivity index (χ0) is 17.1. The van der Waals surface area contributed by atoms with Crippen molar-refractivity contribution in [3.8, 4) is 0 Å². The van der Waals surface area contributed by atoms with Crippen LogP contribution in [0.15, 0.2) is 60.7 Å². The molecule has 3 rings (SSSR count). The molecule has 0 aromatic heterocycles. The Morgan fingerprint density at radius 1 is 1.04 bits per heavy atom. The molecule has 3 atom stereocenters. The van der Waals surface area contributed by atoms with Crippen molar-refractivity contribution < 1.29 is 4.79 Å². The molecule has 134 valence electrons. The van der Waals surface area contributed by atoms with E-state index in [1.54, 1.807) is 4.90 Å². The number of hydrogen-bond donors (Lipinski definition) is 1. The molecule has 25 heavy (non-hydrogen) atoms. The molecular formula is C20H26ClN3O. The van der Waals surface area contributed by atoms with Crippen molar-refractivity contribution in [2.24, 2.45) is 5.73 Å². The molecule has 2 aromatic carbocycles. The molecule has 0 radical (unpaired) electrons. The first kappa shape index (κ1) is 19.4. The van der Waals surface area contributed by atoms with Crippen LogP contribution in [0.1, 0.15) is 23.1 Å². The molecule has 1 unspecified atom stereocenters. The predicted octanol–water partition coefficient (Wildman–Crippen LogP) is 2.66. The van der Waals surface area contributed by atoms with Gasteiger partial charge in [0.15, 0.2) is 0 Å². The molecule has 2 N–H and O–H groups in total. The summed E-state index contributed by atoms with van der Waals surface area (Å²) in [5, 5.41) is 0. The van der Waals surface area contributed by atoms with Crippen molar-refractivity contribution in [2.75, 3.05) is 27.2 Å². The van der Waals surface area contributed by atoms with Gasteiger partial charge in [-0.1, -0.05) is 60.7 Å². The zero-order valence-electron chi connectivity index (χ0n) is 14.7. The van der Waals surface area contributed by atoms with Crippen molar-refractivity contribution in [2.45, 2.75) is 18.0 Å². The largest absolute Gasteiger partial charge is 0.347 e. The van der Waals surface area contributed by atoms with E-state index in [9.17, 15) is 4.79 Å². The van der Waals surface area contributed by atoms with Gasteiger partial charge in [0.25, 0.3) is 0 Å². The van der Waals surface area contributed by atoms with Gasteiger partial charge < -0.3 is 10.6 Å². The van der Waals surface area contributed by atoms with Crippen LogP contribution in [0.2, 0.25) is 0 Å². The Bertz CT molecular complexity index is 678. The first-order chi connectivity index (χ1) is 11.6. The van der Waals surface area contributed by atoms with Crippen LogP contribution in [-0.4, -0.2) is 48.9 Å². The molecular weight excluding hydrogens is 334 g/mol. The highest BCUT2D eigenvalue weighted by atomic mass is 35.5. The third-order valence-corrected chi connectivity index (χ3v) is 4.78. The highest BCUT2D eigenvalue weighted by Crippen LogP contribution is 2.33. The summed E-state index contributed by atoms with van der Waals surface area (Å²) in [6.45, 7) is 1.52. The Morgan fingerprint density at radius 3 is 2.16 bits per heavy atom. The monoisotopic (exact) mass is 359 g/mol. The van der Waals surface area contributed by atoms with Gasteiger partial charge in [-0.2, -0.15) is 0 Å². The lowest BCUT2D eigenvalue weighted by Crippen LogP contribution is -2.40.